The van der Waals surface area contributed by atoms with Crippen molar-refractivity contribution < 1.29 is 14.8 Å². The van der Waals surface area contributed by atoms with Crippen molar-refractivity contribution in [2.75, 3.05) is 13.1 Å². The Kier molecular flexibility index (Phi) is 4.39. The number of carbonyl (C=O) groups is 2. The lowest BCUT2D eigenvalue weighted by Gasteiger charge is -2.47. The van der Waals surface area contributed by atoms with Gasteiger partial charge in [0.1, 0.15) is 5.41 Å². The van der Waals surface area contributed by atoms with E-state index in [0.29, 0.717) is 38.3 Å². The van der Waals surface area contributed by atoms with Gasteiger partial charge in [0.25, 0.3) is 0 Å². The van der Waals surface area contributed by atoms with Crippen LogP contribution in [0.15, 0.2) is 5.16 Å². The quantitative estimate of drug-likeness (QED) is 0.298. The lowest BCUT2D eigenvalue weighted by atomic mass is 9.61. The van der Waals surface area contributed by atoms with E-state index in [1.807, 2.05) is 0 Å². The smallest absolute Gasteiger partial charge is 0.236 e. The number of piperidine rings is 1. The van der Waals surface area contributed by atoms with E-state index in [9.17, 15) is 9.59 Å². The van der Waals surface area contributed by atoms with Crippen LogP contribution in [-0.2, 0) is 9.59 Å². The third-order valence-electron chi connectivity index (χ3n) is 4.79. The summed E-state index contributed by atoms with van der Waals surface area (Å²) in [6.07, 6.45) is 3.18. The molecule has 2 fully saturated rings. The number of nitrogens with zero attached hydrogens (tertiary/aromatic N) is 2. The summed E-state index contributed by atoms with van der Waals surface area (Å²) in [6.45, 7) is 3.26. The molecule has 0 aromatic heterocycles. The molecule has 0 atom stereocenters. The molecule has 2 amide bonds. The van der Waals surface area contributed by atoms with Crippen LogP contribution < -0.4 is 11.5 Å². The fraction of sp³-hybridized carbons (Fsp3) is 0.786. The Morgan fingerprint density at radius 2 is 1.86 bits per heavy atom. The van der Waals surface area contributed by atoms with Crippen LogP contribution in [0.3, 0.4) is 0 Å². The van der Waals surface area contributed by atoms with Crippen molar-refractivity contribution in [3.63, 3.8) is 0 Å². The van der Waals surface area contributed by atoms with Gasteiger partial charge in [0.15, 0.2) is 5.84 Å². The van der Waals surface area contributed by atoms with Gasteiger partial charge in [0.05, 0.1) is 0 Å². The summed E-state index contributed by atoms with van der Waals surface area (Å²) in [5.41, 5.74) is 10.2. The zero-order valence-corrected chi connectivity index (χ0v) is 12.4. The molecule has 7 heteroatoms. The third kappa shape index (κ3) is 2.96. The number of amidine groups is 1. The van der Waals surface area contributed by atoms with Gasteiger partial charge in [-0.2, -0.15) is 0 Å². The van der Waals surface area contributed by atoms with Gasteiger partial charge in [-0.05, 0) is 37.5 Å². The van der Waals surface area contributed by atoms with Crippen molar-refractivity contribution in [2.45, 2.75) is 39.0 Å². The molecule has 0 spiro atoms. The first kappa shape index (κ1) is 15.6. The minimum Gasteiger partial charge on any atom is -0.409 e. The molecule has 118 valence electrons. The van der Waals surface area contributed by atoms with Crippen LogP contribution in [0.25, 0.3) is 0 Å². The molecule has 0 radical (unpaired) electrons. The van der Waals surface area contributed by atoms with Crippen LogP contribution in [0, 0.1) is 17.3 Å². The number of hydrogen-bond donors (Lipinski definition) is 3. The van der Waals surface area contributed by atoms with Gasteiger partial charge in [-0.15, -0.1) is 0 Å². The summed E-state index contributed by atoms with van der Waals surface area (Å²) in [5, 5.41) is 12.0. The number of nitrogens with two attached hydrogens (primary N) is 2. The molecule has 5 N–H and O–H groups in total. The highest BCUT2D eigenvalue weighted by atomic mass is 16.4. The summed E-state index contributed by atoms with van der Waals surface area (Å²) < 4.78 is 0. The second-order valence-electron chi connectivity index (χ2n) is 6.49. The lowest BCUT2D eigenvalue weighted by molar-refractivity contribution is -0.145. The molecule has 2 rings (SSSR count). The molecule has 0 unspecified atom stereocenters. The highest BCUT2D eigenvalue weighted by Gasteiger charge is 2.53. The Bertz CT molecular complexity index is 449. The van der Waals surface area contributed by atoms with Crippen LogP contribution in [0.1, 0.15) is 39.0 Å². The Balaban J connectivity index is 1.99. The van der Waals surface area contributed by atoms with Gasteiger partial charge < -0.3 is 21.6 Å². The zero-order chi connectivity index (χ0) is 15.6. The number of primary amides is 1. The van der Waals surface area contributed by atoms with Crippen molar-refractivity contribution in [2.24, 2.45) is 33.9 Å². The molecule has 0 aromatic rings. The second kappa shape index (κ2) is 5.91. The van der Waals surface area contributed by atoms with E-state index in [0.717, 1.165) is 12.8 Å². The zero-order valence-electron chi connectivity index (χ0n) is 12.4. The Labute approximate surface area is 124 Å². The monoisotopic (exact) mass is 296 g/mol. The highest BCUT2D eigenvalue weighted by molar-refractivity contribution is 6.07. The number of rotatable bonds is 4. The van der Waals surface area contributed by atoms with Crippen LogP contribution in [0.4, 0.5) is 0 Å². The van der Waals surface area contributed by atoms with Gasteiger partial charge in [-0.3, -0.25) is 9.59 Å². The van der Waals surface area contributed by atoms with Gasteiger partial charge in [0.2, 0.25) is 11.8 Å². The Morgan fingerprint density at radius 3 is 2.29 bits per heavy atom. The molecule has 1 saturated carbocycles. The maximum absolute atomic E-state index is 12.7. The van der Waals surface area contributed by atoms with E-state index >= 15 is 0 Å². The number of hydrogen-bond acceptors (Lipinski definition) is 4. The van der Waals surface area contributed by atoms with Gasteiger partial charge in [-0.25, -0.2) is 0 Å². The van der Waals surface area contributed by atoms with Crippen molar-refractivity contribution >= 4 is 17.6 Å². The Morgan fingerprint density at radius 1 is 1.29 bits per heavy atom. The van der Waals surface area contributed by atoms with E-state index in [1.54, 1.807) is 4.90 Å². The fourth-order valence-corrected chi connectivity index (χ4v) is 3.65. The molecule has 21 heavy (non-hydrogen) atoms. The first-order chi connectivity index (χ1) is 9.89. The van der Waals surface area contributed by atoms with Crippen LogP contribution in [-0.4, -0.2) is 40.8 Å². The maximum Gasteiger partial charge on any atom is 0.236 e. The maximum atomic E-state index is 12.7. The van der Waals surface area contributed by atoms with Crippen molar-refractivity contribution in [1.29, 1.82) is 0 Å². The minimum atomic E-state index is -0.829. The van der Waals surface area contributed by atoms with Crippen LogP contribution in [0.2, 0.25) is 0 Å². The summed E-state index contributed by atoms with van der Waals surface area (Å²) in [4.78, 5) is 25.5. The standard InChI is InChI=1S/C14H24N4O3/c1-9-7-14(8-9,12(16)17-21)13(20)18-4-2-10(3-5-18)6-11(15)19/h9-10,21H,2-8H2,1H3,(H2,15,19)(H2,16,17). The van der Waals surface area contributed by atoms with Crippen molar-refractivity contribution in [1.82, 2.24) is 4.90 Å². The predicted molar refractivity (Wildman–Crippen MR) is 77.4 cm³/mol. The average molecular weight is 296 g/mol. The SMILES string of the molecule is CC1CC(C(=O)N2CCC(CC(N)=O)CC2)(C(N)=NO)C1. The van der Waals surface area contributed by atoms with Crippen LogP contribution in [0.5, 0.6) is 0 Å². The first-order valence-corrected chi connectivity index (χ1v) is 7.44. The van der Waals surface area contributed by atoms with Crippen molar-refractivity contribution in [3.8, 4) is 0 Å². The molecule has 1 aliphatic carbocycles. The molecule has 2 aliphatic rings. The summed E-state index contributed by atoms with van der Waals surface area (Å²) in [5.74, 6) is 0.340. The normalized spacial score (nSPS) is 30.8. The van der Waals surface area contributed by atoms with E-state index in [4.69, 9.17) is 16.7 Å². The molecule has 1 saturated heterocycles. The topological polar surface area (TPSA) is 122 Å². The molecular formula is C14H24N4O3. The Hall–Kier alpha value is -1.79. The molecule has 0 bridgehead atoms. The van der Waals surface area contributed by atoms with E-state index in [-0.39, 0.29) is 23.6 Å². The summed E-state index contributed by atoms with van der Waals surface area (Å²) in [7, 11) is 0. The number of amides is 2. The van der Waals surface area contributed by atoms with E-state index < -0.39 is 5.41 Å². The fourth-order valence-electron chi connectivity index (χ4n) is 3.65. The predicted octanol–water partition coefficient (Wildman–Crippen LogP) is 0.263. The lowest BCUT2D eigenvalue weighted by Crippen LogP contribution is -2.58. The minimum absolute atomic E-state index is 0.0184. The van der Waals surface area contributed by atoms with Gasteiger partial charge in [-0.1, -0.05) is 12.1 Å². The molecule has 1 aliphatic heterocycles. The number of oxime groups is 1. The third-order valence-corrected chi connectivity index (χ3v) is 4.79. The highest BCUT2D eigenvalue weighted by Crippen LogP contribution is 2.47. The number of carbonyl (C=O) groups excluding carboxylic acids is 2. The molecular weight excluding hydrogens is 272 g/mol. The van der Waals surface area contributed by atoms with E-state index in [1.165, 1.54) is 0 Å². The number of likely N-dealkylation sites (tertiary alicyclic amines) is 1. The van der Waals surface area contributed by atoms with Gasteiger partial charge >= 0.3 is 0 Å². The summed E-state index contributed by atoms with van der Waals surface area (Å²) in [6, 6.07) is 0. The molecule has 1 heterocycles. The van der Waals surface area contributed by atoms with Crippen LogP contribution >= 0.6 is 0 Å². The second-order valence-corrected chi connectivity index (χ2v) is 6.49. The van der Waals surface area contributed by atoms with Gasteiger partial charge in [0, 0.05) is 19.5 Å². The average Bonchev–Trinajstić information content (AvgIpc) is 2.42. The largest absolute Gasteiger partial charge is 0.409 e. The molecule has 0 aromatic carbocycles. The summed E-state index contributed by atoms with van der Waals surface area (Å²) >= 11 is 0. The van der Waals surface area contributed by atoms with E-state index in [2.05, 4.69) is 12.1 Å². The van der Waals surface area contributed by atoms with Crippen molar-refractivity contribution in [3.05, 3.63) is 0 Å². The molecule has 7 nitrogen and oxygen atoms in total. The first-order valence-electron chi connectivity index (χ1n) is 7.44.